The van der Waals surface area contributed by atoms with Crippen molar-refractivity contribution in [3.05, 3.63) is 52.0 Å². The molecule has 1 fully saturated rings. The number of hydrogen-bond donors (Lipinski definition) is 2. The number of hydrogen-bond acceptors (Lipinski definition) is 5. The van der Waals surface area contributed by atoms with Crippen molar-refractivity contribution in [2.45, 2.75) is 38.0 Å². The lowest BCUT2D eigenvalue weighted by atomic mass is 10.1. The monoisotopic (exact) mass is 480 g/mol. The second-order valence-electron chi connectivity index (χ2n) is 7.67. The van der Waals surface area contributed by atoms with Gasteiger partial charge in [-0.25, -0.2) is 13.2 Å². The fourth-order valence-electron chi connectivity index (χ4n) is 3.71. The first-order valence-corrected chi connectivity index (χ1v) is 12.0. The molecule has 2 aromatic carbocycles. The van der Waals surface area contributed by atoms with E-state index >= 15 is 0 Å². The first-order chi connectivity index (χ1) is 15.1. The van der Waals surface area contributed by atoms with Crippen molar-refractivity contribution in [1.29, 1.82) is 0 Å². The molecule has 1 heterocycles. The van der Waals surface area contributed by atoms with E-state index in [1.54, 1.807) is 17.9 Å². The first kappa shape index (κ1) is 23.9. The van der Waals surface area contributed by atoms with Gasteiger partial charge in [0.05, 0.1) is 16.1 Å². The topological polar surface area (TPSA) is 113 Å². The molecule has 0 aromatic heterocycles. The highest BCUT2D eigenvalue weighted by Gasteiger charge is 2.26. The summed E-state index contributed by atoms with van der Waals surface area (Å²) in [6.07, 6.45) is 2.87. The number of benzene rings is 2. The van der Waals surface area contributed by atoms with E-state index < -0.39 is 22.6 Å². The van der Waals surface area contributed by atoms with Gasteiger partial charge in [-0.05, 0) is 62.9 Å². The van der Waals surface area contributed by atoms with Gasteiger partial charge in [-0.15, -0.1) is 0 Å². The highest BCUT2D eigenvalue weighted by atomic mass is 35.5. The predicted molar refractivity (Wildman–Crippen MR) is 121 cm³/mol. The number of halogens is 1. The molecule has 10 heteroatoms. The van der Waals surface area contributed by atoms with E-state index in [0.29, 0.717) is 18.7 Å². The Labute approximate surface area is 192 Å². The molecule has 172 valence electrons. The standard InChI is InChI=1S/C22H25ClN2O6S/c1-14-6-9-19(15(2)21(14)31-13-20(26)27)32(29,30)24-18-12-16(23)7-8-17(18)22(28)25-10-4-3-5-11-25/h6-9,12,24H,3-5,10-11,13H2,1-2H3,(H,26,27). The van der Waals surface area contributed by atoms with Crippen LogP contribution in [0.1, 0.15) is 40.7 Å². The van der Waals surface area contributed by atoms with Crippen LogP contribution in [0.2, 0.25) is 5.02 Å². The smallest absolute Gasteiger partial charge is 0.341 e. The van der Waals surface area contributed by atoms with Crippen LogP contribution in [0.4, 0.5) is 5.69 Å². The number of amides is 1. The molecule has 2 N–H and O–H groups in total. The van der Waals surface area contributed by atoms with Crippen LogP contribution in [-0.2, 0) is 14.8 Å². The van der Waals surface area contributed by atoms with E-state index in [-0.39, 0.29) is 38.4 Å². The molecule has 1 aliphatic rings. The molecule has 3 rings (SSSR count). The number of piperidine rings is 1. The zero-order valence-electron chi connectivity index (χ0n) is 17.9. The molecule has 1 amide bonds. The molecule has 0 bridgehead atoms. The fraction of sp³-hybridized carbons (Fsp3) is 0.364. The average molecular weight is 481 g/mol. The highest BCUT2D eigenvalue weighted by molar-refractivity contribution is 7.92. The van der Waals surface area contributed by atoms with Crippen LogP contribution in [0.3, 0.4) is 0 Å². The van der Waals surface area contributed by atoms with E-state index in [4.69, 9.17) is 21.4 Å². The molecule has 1 saturated heterocycles. The molecule has 0 spiro atoms. The van der Waals surface area contributed by atoms with Crippen molar-refractivity contribution in [3.63, 3.8) is 0 Å². The van der Waals surface area contributed by atoms with Crippen molar-refractivity contribution in [3.8, 4) is 5.75 Å². The number of carbonyl (C=O) groups excluding carboxylic acids is 1. The lowest BCUT2D eigenvalue weighted by molar-refractivity contribution is -0.139. The number of anilines is 1. The second kappa shape index (κ2) is 9.79. The molecule has 0 unspecified atom stereocenters. The first-order valence-electron chi connectivity index (χ1n) is 10.2. The Balaban J connectivity index is 1.96. The SMILES string of the molecule is Cc1ccc(S(=O)(=O)Nc2cc(Cl)ccc2C(=O)N2CCCCC2)c(C)c1OCC(=O)O. The average Bonchev–Trinajstić information content (AvgIpc) is 2.73. The van der Waals surface area contributed by atoms with Crippen LogP contribution < -0.4 is 9.46 Å². The van der Waals surface area contributed by atoms with Gasteiger partial charge in [-0.2, -0.15) is 0 Å². The number of aryl methyl sites for hydroxylation is 1. The van der Waals surface area contributed by atoms with Crippen molar-refractivity contribution in [1.82, 2.24) is 4.90 Å². The van der Waals surface area contributed by atoms with Gasteiger partial charge >= 0.3 is 5.97 Å². The van der Waals surface area contributed by atoms with Gasteiger partial charge in [0.2, 0.25) is 0 Å². The third-order valence-electron chi connectivity index (χ3n) is 5.28. The van der Waals surface area contributed by atoms with Gasteiger partial charge < -0.3 is 14.7 Å². The predicted octanol–water partition coefficient (Wildman–Crippen LogP) is 3.85. The van der Waals surface area contributed by atoms with Gasteiger partial charge in [-0.1, -0.05) is 17.7 Å². The highest BCUT2D eigenvalue weighted by Crippen LogP contribution is 2.32. The Morgan fingerprint density at radius 3 is 2.47 bits per heavy atom. The summed E-state index contributed by atoms with van der Waals surface area (Å²) in [5.41, 5.74) is 1.17. The maximum Gasteiger partial charge on any atom is 0.341 e. The van der Waals surface area contributed by atoms with E-state index in [1.807, 2.05) is 0 Å². The molecule has 32 heavy (non-hydrogen) atoms. The lowest BCUT2D eigenvalue weighted by Gasteiger charge is -2.27. The van der Waals surface area contributed by atoms with E-state index in [9.17, 15) is 18.0 Å². The number of sulfonamides is 1. The summed E-state index contributed by atoms with van der Waals surface area (Å²) in [5, 5.41) is 9.17. The van der Waals surface area contributed by atoms with Gasteiger partial charge in [0.1, 0.15) is 5.75 Å². The Hall–Kier alpha value is -2.78. The summed E-state index contributed by atoms with van der Waals surface area (Å²) in [7, 11) is -4.13. The number of aliphatic carboxylic acids is 1. The van der Waals surface area contributed by atoms with Crippen molar-refractivity contribution in [2.75, 3.05) is 24.4 Å². The zero-order chi connectivity index (χ0) is 23.5. The number of carbonyl (C=O) groups is 2. The number of nitrogens with zero attached hydrogens (tertiary/aromatic N) is 1. The lowest BCUT2D eigenvalue weighted by Crippen LogP contribution is -2.36. The molecule has 0 saturated carbocycles. The van der Waals surface area contributed by atoms with Crippen LogP contribution in [0.25, 0.3) is 0 Å². The van der Waals surface area contributed by atoms with Gasteiger partial charge in [0.15, 0.2) is 6.61 Å². The van der Waals surface area contributed by atoms with Crippen molar-refractivity contribution in [2.24, 2.45) is 0 Å². The van der Waals surface area contributed by atoms with E-state index in [1.165, 1.54) is 31.2 Å². The minimum atomic E-state index is -4.13. The normalized spacial score (nSPS) is 14.2. The quantitative estimate of drug-likeness (QED) is 0.622. The van der Waals surface area contributed by atoms with Gasteiger partial charge in [0, 0.05) is 23.7 Å². The largest absolute Gasteiger partial charge is 0.481 e. The fourth-order valence-corrected chi connectivity index (χ4v) is 5.19. The van der Waals surface area contributed by atoms with Crippen LogP contribution in [-0.4, -0.2) is 50.0 Å². The maximum absolute atomic E-state index is 13.2. The number of nitrogens with one attached hydrogen (secondary N) is 1. The Kier molecular flexibility index (Phi) is 7.30. The molecular weight excluding hydrogens is 456 g/mol. The second-order valence-corrected chi connectivity index (χ2v) is 9.75. The maximum atomic E-state index is 13.2. The van der Waals surface area contributed by atoms with Crippen LogP contribution in [0, 0.1) is 13.8 Å². The summed E-state index contributed by atoms with van der Waals surface area (Å²) in [6.45, 7) is 3.88. The molecule has 1 aliphatic heterocycles. The Morgan fingerprint density at radius 2 is 1.81 bits per heavy atom. The van der Waals surface area contributed by atoms with E-state index in [2.05, 4.69) is 4.72 Å². The summed E-state index contributed by atoms with van der Waals surface area (Å²) >= 11 is 6.09. The Morgan fingerprint density at radius 1 is 1.12 bits per heavy atom. The number of rotatable bonds is 7. The molecule has 0 radical (unpaired) electrons. The van der Waals surface area contributed by atoms with Gasteiger partial charge in [0.25, 0.3) is 15.9 Å². The minimum absolute atomic E-state index is 0.0835. The molecule has 0 aliphatic carbocycles. The third kappa shape index (κ3) is 5.34. The molecular formula is C22H25ClN2O6S. The van der Waals surface area contributed by atoms with Crippen LogP contribution in [0.5, 0.6) is 5.75 Å². The minimum Gasteiger partial charge on any atom is -0.481 e. The number of ether oxygens (including phenoxy) is 1. The summed E-state index contributed by atoms with van der Waals surface area (Å²) in [5.74, 6) is -1.24. The summed E-state index contributed by atoms with van der Waals surface area (Å²) < 4.78 is 34.3. The number of carboxylic acids is 1. The van der Waals surface area contributed by atoms with Gasteiger partial charge in [-0.3, -0.25) is 9.52 Å². The summed E-state index contributed by atoms with van der Waals surface area (Å²) in [6, 6.07) is 7.42. The van der Waals surface area contributed by atoms with E-state index in [0.717, 1.165) is 19.3 Å². The number of carboxylic acid groups (broad SMARTS) is 1. The van der Waals surface area contributed by atoms with Crippen LogP contribution in [0.15, 0.2) is 35.2 Å². The van der Waals surface area contributed by atoms with Crippen molar-refractivity contribution < 1.29 is 27.9 Å². The van der Waals surface area contributed by atoms with Crippen molar-refractivity contribution >= 4 is 39.2 Å². The number of likely N-dealkylation sites (tertiary alicyclic amines) is 1. The molecule has 2 aromatic rings. The summed E-state index contributed by atoms with van der Waals surface area (Å²) in [4.78, 5) is 25.5. The molecule has 8 nitrogen and oxygen atoms in total. The molecule has 0 atom stereocenters. The Bertz CT molecular complexity index is 1140. The van der Waals surface area contributed by atoms with Crippen LogP contribution >= 0.6 is 11.6 Å². The zero-order valence-corrected chi connectivity index (χ0v) is 19.4. The third-order valence-corrected chi connectivity index (χ3v) is 7.03.